The van der Waals surface area contributed by atoms with Crippen molar-refractivity contribution in [3.63, 3.8) is 0 Å². The molecule has 0 aliphatic heterocycles. The zero-order valence-electron chi connectivity index (χ0n) is 16.5. The molecule has 0 fully saturated rings. The van der Waals surface area contributed by atoms with Gasteiger partial charge in [0.25, 0.3) is 0 Å². The molecule has 0 aliphatic carbocycles. The molecule has 0 saturated carbocycles. The number of carbonyl (C=O) groups excluding carboxylic acids is 2. The van der Waals surface area contributed by atoms with Gasteiger partial charge in [-0.1, -0.05) is 18.2 Å². The van der Waals surface area contributed by atoms with Crippen molar-refractivity contribution in [2.24, 2.45) is 0 Å². The zero-order valence-corrected chi connectivity index (χ0v) is 17.3. The molecule has 5 nitrogen and oxygen atoms in total. The van der Waals surface area contributed by atoms with E-state index in [9.17, 15) is 14.0 Å². The number of nitrogens with one attached hydrogen (secondary N) is 2. The Balaban J connectivity index is 1.55. The molecule has 29 heavy (non-hydrogen) atoms. The van der Waals surface area contributed by atoms with Crippen LogP contribution in [-0.2, 0) is 16.0 Å². The normalized spacial score (nSPS) is 10.6. The third-order valence-corrected chi connectivity index (χ3v) is 5.32. The van der Waals surface area contributed by atoms with Crippen LogP contribution in [0.15, 0.2) is 41.8 Å². The van der Waals surface area contributed by atoms with Crippen LogP contribution in [0.2, 0.25) is 0 Å². The van der Waals surface area contributed by atoms with E-state index in [1.165, 1.54) is 34.6 Å². The van der Waals surface area contributed by atoms with Gasteiger partial charge in [0, 0.05) is 10.9 Å². The zero-order chi connectivity index (χ0) is 21.0. The fraction of sp³-hybridized carbons (Fsp3) is 0.227. The van der Waals surface area contributed by atoms with Crippen LogP contribution in [-0.4, -0.2) is 23.3 Å². The Morgan fingerprint density at radius 3 is 2.55 bits per heavy atom. The molecule has 0 unspecified atom stereocenters. The number of benzene rings is 2. The summed E-state index contributed by atoms with van der Waals surface area (Å²) in [4.78, 5) is 28.5. The van der Waals surface area contributed by atoms with E-state index >= 15 is 0 Å². The smallest absolute Gasteiger partial charge is 0.245 e. The van der Waals surface area contributed by atoms with Crippen molar-refractivity contribution in [2.45, 2.75) is 27.2 Å². The molecule has 2 N–H and O–H groups in total. The summed E-state index contributed by atoms with van der Waals surface area (Å²) in [5.41, 5.74) is 5.93. The van der Waals surface area contributed by atoms with Gasteiger partial charge >= 0.3 is 0 Å². The average molecular weight is 412 g/mol. The summed E-state index contributed by atoms with van der Waals surface area (Å²) in [6.45, 7) is 5.99. The molecule has 0 saturated heterocycles. The molecule has 2 aromatic carbocycles. The highest BCUT2D eigenvalue weighted by atomic mass is 32.1. The second-order valence-corrected chi connectivity index (χ2v) is 7.78. The molecular formula is C22H22FN3O2S. The van der Waals surface area contributed by atoms with E-state index in [-0.39, 0.29) is 24.8 Å². The van der Waals surface area contributed by atoms with Crippen LogP contribution < -0.4 is 10.6 Å². The van der Waals surface area contributed by atoms with Crippen LogP contribution in [0.5, 0.6) is 0 Å². The first kappa shape index (κ1) is 20.7. The number of anilines is 1. The molecule has 150 valence electrons. The number of amides is 2. The maximum absolute atomic E-state index is 13.2. The van der Waals surface area contributed by atoms with Gasteiger partial charge in [-0.2, -0.15) is 0 Å². The van der Waals surface area contributed by atoms with E-state index in [0.717, 1.165) is 16.8 Å². The van der Waals surface area contributed by atoms with Crippen LogP contribution in [0.3, 0.4) is 0 Å². The van der Waals surface area contributed by atoms with Gasteiger partial charge in [0.2, 0.25) is 11.8 Å². The van der Waals surface area contributed by atoms with Crippen molar-refractivity contribution in [2.75, 3.05) is 11.9 Å². The summed E-state index contributed by atoms with van der Waals surface area (Å²) in [5.74, 6) is -1.11. The highest BCUT2D eigenvalue weighted by Gasteiger charge is 2.12. The first-order chi connectivity index (χ1) is 13.8. The Bertz CT molecular complexity index is 1060. The summed E-state index contributed by atoms with van der Waals surface area (Å²) < 4.78 is 13.2. The summed E-state index contributed by atoms with van der Waals surface area (Å²) >= 11 is 1.33. The third-order valence-electron chi connectivity index (χ3n) is 4.57. The average Bonchev–Trinajstić information content (AvgIpc) is 3.11. The second kappa shape index (κ2) is 8.96. The fourth-order valence-corrected chi connectivity index (χ4v) is 3.66. The van der Waals surface area contributed by atoms with Crippen LogP contribution >= 0.6 is 11.3 Å². The Kier molecular flexibility index (Phi) is 6.39. The van der Waals surface area contributed by atoms with E-state index in [0.29, 0.717) is 10.7 Å². The van der Waals surface area contributed by atoms with Crippen LogP contribution in [0, 0.1) is 26.6 Å². The molecule has 1 heterocycles. The number of aromatic nitrogens is 1. The largest absolute Gasteiger partial charge is 0.347 e. The number of aryl methyl sites for hydroxylation is 3. The van der Waals surface area contributed by atoms with Crippen molar-refractivity contribution in [1.29, 1.82) is 0 Å². The lowest BCUT2D eigenvalue weighted by Crippen LogP contribution is -2.33. The Labute approximate surface area is 173 Å². The molecular weight excluding hydrogens is 389 g/mol. The highest BCUT2D eigenvalue weighted by molar-refractivity contribution is 7.14. The standard InChI is InChI=1S/C22H22FN3O2S/c1-13-7-15(3)18(8-14(13)2)19-12-29-22(25-19)26-21(28)11-24-20(27)10-16-5-4-6-17(23)9-16/h4-9,12H,10-11H2,1-3H3,(H,24,27)(H,25,26,28). The molecule has 3 aromatic rings. The number of hydrogen-bond acceptors (Lipinski definition) is 4. The predicted molar refractivity (Wildman–Crippen MR) is 114 cm³/mol. The van der Waals surface area contributed by atoms with Gasteiger partial charge in [0.15, 0.2) is 5.13 Å². The van der Waals surface area contributed by atoms with Crippen LogP contribution in [0.4, 0.5) is 9.52 Å². The highest BCUT2D eigenvalue weighted by Crippen LogP contribution is 2.29. The number of rotatable bonds is 6. The lowest BCUT2D eigenvalue weighted by atomic mass is 9.99. The van der Waals surface area contributed by atoms with E-state index in [1.54, 1.807) is 12.1 Å². The quantitative estimate of drug-likeness (QED) is 0.639. The minimum absolute atomic E-state index is 0.0124. The van der Waals surface area contributed by atoms with Crippen molar-refractivity contribution in [3.05, 3.63) is 69.8 Å². The van der Waals surface area contributed by atoms with E-state index in [2.05, 4.69) is 41.6 Å². The number of thiazole rings is 1. The van der Waals surface area contributed by atoms with Crippen molar-refractivity contribution in [1.82, 2.24) is 10.3 Å². The van der Waals surface area contributed by atoms with Gasteiger partial charge in [-0.3, -0.25) is 9.59 Å². The van der Waals surface area contributed by atoms with Gasteiger partial charge < -0.3 is 10.6 Å². The minimum Gasteiger partial charge on any atom is -0.347 e. The van der Waals surface area contributed by atoms with Crippen molar-refractivity contribution >= 4 is 28.3 Å². The first-order valence-corrected chi connectivity index (χ1v) is 10.0. The number of hydrogen-bond donors (Lipinski definition) is 2. The lowest BCUT2D eigenvalue weighted by molar-refractivity contribution is -0.123. The Morgan fingerprint density at radius 1 is 1.03 bits per heavy atom. The molecule has 0 radical (unpaired) electrons. The molecule has 0 aliphatic rings. The van der Waals surface area contributed by atoms with Gasteiger partial charge in [-0.05, 0) is 61.2 Å². The lowest BCUT2D eigenvalue weighted by Gasteiger charge is -2.07. The van der Waals surface area contributed by atoms with Crippen LogP contribution in [0.25, 0.3) is 11.3 Å². The molecule has 0 bridgehead atoms. The maximum Gasteiger partial charge on any atom is 0.245 e. The molecule has 3 rings (SSSR count). The first-order valence-electron chi connectivity index (χ1n) is 9.16. The summed E-state index contributed by atoms with van der Waals surface area (Å²) in [6.07, 6.45) is 0.0124. The van der Waals surface area contributed by atoms with Gasteiger partial charge in [0.1, 0.15) is 5.82 Å². The molecule has 7 heteroatoms. The molecule has 1 aromatic heterocycles. The predicted octanol–water partition coefficient (Wildman–Crippen LogP) is 4.17. The van der Waals surface area contributed by atoms with Crippen molar-refractivity contribution in [3.8, 4) is 11.3 Å². The number of halogens is 1. The Morgan fingerprint density at radius 2 is 1.79 bits per heavy atom. The second-order valence-electron chi connectivity index (χ2n) is 6.92. The summed E-state index contributed by atoms with van der Waals surface area (Å²) in [5, 5.41) is 7.61. The third kappa shape index (κ3) is 5.48. The van der Waals surface area contributed by atoms with Gasteiger partial charge in [0.05, 0.1) is 18.7 Å². The van der Waals surface area contributed by atoms with Gasteiger partial charge in [-0.15, -0.1) is 11.3 Å². The fourth-order valence-electron chi connectivity index (χ4n) is 2.93. The maximum atomic E-state index is 13.2. The van der Waals surface area contributed by atoms with Crippen molar-refractivity contribution < 1.29 is 14.0 Å². The number of carbonyl (C=O) groups is 2. The summed E-state index contributed by atoms with van der Waals surface area (Å²) in [6, 6.07) is 10.0. The molecule has 0 atom stereocenters. The summed E-state index contributed by atoms with van der Waals surface area (Å²) in [7, 11) is 0. The van der Waals surface area contributed by atoms with Crippen LogP contribution in [0.1, 0.15) is 22.3 Å². The van der Waals surface area contributed by atoms with E-state index in [4.69, 9.17) is 0 Å². The SMILES string of the molecule is Cc1cc(C)c(-c2csc(NC(=O)CNC(=O)Cc3cccc(F)c3)n2)cc1C. The van der Waals surface area contributed by atoms with E-state index < -0.39 is 5.82 Å². The molecule has 2 amide bonds. The minimum atomic E-state index is -0.397. The van der Waals surface area contributed by atoms with Gasteiger partial charge in [-0.25, -0.2) is 9.37 Å². The number of nitrogens with zero attached hydrogens (tertiary/aromatic N) is 1. The molecule has 0 spiro atoms. The Hall–Kier alpha value is -3.06. The topological polar surface area (TPSA) is 71.1 Å². The van der Waals surface area contributed by atoms with E-state index in [1.807, 2.05) is 12.3 Å². The monoisotopic (exact) mass is 411 g/mol.